The highest BCUT2D eigenvalue weighted by molar-refractivity contribution is 6.32. The molecule has 0 amide bonds. The van der Waals surface area contributed by atoms with Crippen LogP contribution in [0.25, 0.3) is 0 Å². The van der Waals surface area contributed by atoms with E-state index < -0.39 is 12.0 Å². The number of hydrogen-bond donors (Lipinski definition) is 2. The predicted octanol–water partition coefficient (Wildman–Crippen LogP) is 3.73. The van der Waals surface area contributed by atoms with Gasteiger partial charge >= 0.3 is 5.97 Å². The minimum atomic E-state index is -0.848. The van der Waals surface area contributed by atoms with Crippen LogP contribution in [0.2, 0.25) is 5.02 Å². The van der Waals surface area contributed by atoms with Crippen molar-refractivity contribution in [2.45, 2.75) is 46.2 Å². The largest absolute Gasteiger partial charge is 0.493 e. The molecule has 1 atom stereocenters. The molecule has 0 spiro atoms. The van der Waals surface area contributed by atoms with Gasteiger partial charge in [0.2, 0.25) is 0 Å². The minimum absolute atomic E-state index is 0.298. The maximum absolute atomic E-state index is 11.3. The smallest absolute Gasteiger partial charge is 0.320 e. The molecule has 0 aliphatic heterocycles. The Morgan fingerprint density at radius 2 is 2.09 bits per heavy atom. The number of carboxylic acids is 1. The summed E-state index contributed by atoms with van der Waals surface area (Å²) in [6.45, 7) is 6.96. The molecule has 0 saturated heterocycles. The van der Waals surface area contributed by atoms with E-state index in [2.05, 4.69) is 5.32 Å². The minimum Gasteiger partial charge on any atom is -0.493 e. The van der Waals surface area contributed by atoms with Crippen LogP contribution in [0.1, 0.15) is 39.2 Å². The molecule has 0 aliphatic rings. The van der Waals surface area contributed by atoms with E-state index in [1.165, 1.54) is 0 Å². The Kier molecular flexibility index (Phi) is 8.20. The number of rotatable bonds is 10. The van der Waals surface area contributed by atoms with Gasteiger partial charge in [0.25, 0.3) is 0 Å². The molecule has 0 aromatic heterocycles. The Balaban J connectivity index is 2.84. The Bertz CT molecular complexity index is 520. The number of ether oxygens (including phenoxy) is 2. The van der Waals surface area contributed by atoms with Crippen molar-refractivity contribution in [3.8, 4) is 11.5 Å². The zero-order chi connectivity index (χ0) is 17.4. The molecule has 2 N–H and O–H groups in total. The van der Waals surface area contributed by atoms with E-state index >= 15 is 0 Å². The highest BCUT2D eigenvalue weighted by Gasteiger charge is 2.19. The summed E-state index contributed by atoms with van der Waals surface area (Å²) in [6.07, 6.45) is 1.44. The quantitative estimate of drug-likeness (QED) is 0.677. The Morgan fingerprint density at radius 1 is 1.39 bits per heavy atom. The number of benzene rings is 1. The Labute approximate surface area is 142 Å². The first-order chi connectivity index (χ1) is 10.9. The van der Waals surface area contributed by atoms with E-state index in [4.69, 9.17) is 21.1 Å². The molecule has 130 valence electrons. The van der Waals surface area contributed by atoms with E-state index in [1.54, 1.807) is 13.2 Å². The van der Waals surface area contributed by atoms with Crippen molar-refractivity contribution in [3.05, 3.63) is 22.7 Å². The van der Waals surface area contributed by atoms with E-state index in [0.29, 0.717) is 42.0 Å². The fraction of sp³-hybridized carbons (Fsp3) is 0.588. The number of nitrogens with one attached hydrogen (secondary N) is 1. The van der Waals surface area contributed by atoms with Gasteiger partial charge in [0, 0.05) is 6.54 Å². The van der Waals surface area contributed by atoms with Crippen LogP contribution in [-0.4, -0.2) is 30.8 Å². The van der Waals surface area contributed by atoms with Crippen molar-refractivity contribution in [1.29, 1.82) is 0 Å². The number of aliphatic carboxylic acids is 1. The molecule has 0 heterocycles. The Morgan fingerprint density at radius 3 is 2.61 bits per heavy atom. The summed E-state index contributed by atoms with van der Waals surface area (Å²) in [7, 11) is 1.56. The molecule has 0 radical (unpaired) electrons. The normalized spacial score (nSPS) is 12.3. The van der Waals surface area contributed by atoms with Gasteiger partial charge in [0.15, 0.2) is 11.5 Å². The summed E-state index contributed by atoms with van der Waals surface area (Å²) in [4.78, 5) is 11.3. The number of carbonyl (C=O) groups is 1. The molecule has 0 fully saturated rings. The molecule has 0 bridgehead atoms. The lowest BCUT2D eigenvalue weighted by molar-refractivity contribution is -0.140. The lowest BCUT2D eigenvalue weighted by Crippen LogP contribution is -2.37. The van der Waals surface area contributed by atoms with Crippen LogP contribution >= 0.6 is 11.6 Å². The van der Waals surface area contributed by atoms with Crippen LogP contribution in [0.15, 0.2) is 12.1 Å². The van der Waals surface area contributed by atoms with E-state index in [-0.39, 0.29) is 0 Å². The first-order valence-electron chi connectivity index (χ1n) is 7.84. The molecule has 1 unspecified atom stereocenters. The summed E-state index contributed by atoms with van der Waals surface area (Å²) >= 11 is 6.26. The van der Waals surface area contributed by atoms with Gasteiger partial charge in [-0.1, -0.05) is 32.4 Å². The number of halogens is 1. The van der Waals surface area contributed by atoms with Gasteiger partial charge in [0.05, 0.1) is 18.7 Å². The third-order valence-corrected chi connectivity index (χ3v) is 3.58. The van der Waals surface area contributed by atoms with Crippen molar-refractivity contribution in [2.24, 2.45) is 5.92 Å². The summed E-state index contributed by atoms with van der Waals surface area (Å²) in [5.74, 6) is 0.529. The van der Waals surface area contributed by atoms with Gasteiger partial charge in [-0.2, -0.15) is 0 Å². The first-order valence-corrected chi connectivity index (χ1v) is 8.22. The van der Waals surface area contributed by atoms with Crippen LogP contribution in [0, 0.1) is 5.92 Å². The third kappa shape index (κ3) is 6.28. The van der Waals surface area contributed by atoms with Gasteiger partial charge in [0.1, 0.15) is 6.04 Å². The SMILES string of the molecule is CCCOc1c(Cl)cc(CNC(CC(C)C)C(=O)O)cc1OC. The van der Waals surface area contributed by atoms with Crippen molar-refractivity contribution < 1.29 is 19.4 Å². The van der Waals surface area contributed by atoms with Gasteiger partial charge in [-0.3, -0.25) is 4.79 Å². The summed E-state index contributed by atoms with van der Waals surface area (Å²) in [5, 5.41) is 12.8. The molecule has 0 saturated carbocycles. The van der Waals surface area contributed by atoms with E-state index in [1.807, 2.05) is 26.8 Å². The van der Waals surface area contributed by atoms with Crippen LogP contribution in [-0.2, 0) is 11.3 Å². The Hall–Kier alpha value is -1.46. The van der Waals surface area contributed by atoms with Crippen molar-refractivity contribution >= 4 is 17.6 Å². The number of hydrogen-bond acceptors (Lipinski definition) is 4. The molecule has 6 heteroatoms. The van der Waals surface area contributed by atoms with Crippen molar-refractivity contribution in [2.75, 3.05) is 13.7 Å². The molecule has 5 nitrogen and oxygen atoms in total. The van der Waals surface area contributed by atoms with E-state index in [0.717, 1.165) is 12.0 Å². The van der Waals surface area contributed by atoms with Gasteiger partial charge < -0.3 is 19.9 Å². The standard InChI is InChI=1S/C17H26ClNO4/c1-5-6-23-16-13(18)8-12(9-15(16)22-4)10-19-14(17(20)21)7-11(2)3/h8-9,11,14,19H,5-7,10H2,1-4H3,(H,20,21). The average molecular weight is 344 g/mol. The lowest BCUT2D eigenvalue weighted by Gasteiger charge is -2.18. The molecular formula is C17H26ClNO4. The fourth-order valence-electron chi connectivity index (χ4n) is 2.20. The first kappa shape index (κ1) is 19.6. The maximum atomic E-state index is 11.3. The topological polar surface area (TPSA) is 67.8 Å². The summed E-state index contributed by atoms with van der Waals surface area (Å²) in [5.41, 5.74) is 0.853. The van der Waals surface area contributed by atoms with Gasteiger partial charge in [-0.05, 0) is 36.5 Å². The fourth-order valence-corrected chi connectivity index (χ4v) is 2.49. The second kappa shape index (κ2) is 9.63. The molecule has 23 heavy (non-hydrogen) atoms. The number of carboxylic acid groups (broad SMARTS) is 1. The second-order valence-corrected chi connectivity index (χ2v) is 6.27. The third-order valence-electron chi connectivity index (χ3n) is 3.30. The molecule has 1 aromatic rings. The maximum Gasteiger partial charge on any atom is 0.320 e. The summed E-state index contributed by atoms with van der Waals surface area (Å²) in [6, 6.07) is 3.00. The number of methoxy groups -OCH3 is 1. The average Bonchev–Trinajstić information content (AvgIpc) is 2.49. The highest BCUT2D eigenvalue weighted by Crippen LogP contribution is 2.36. The second-order valence-electron chi connectivity index (χ2n) is 5.86. The molecule has 0 aliphatic carbocycles. The zero-order valence-electron chi connectivity index (χ0n) is 14.2. The monoisotopic (exact) mass is 343 g/mol. The van der Waals surface area contributed by atoms with Crippen LogP contribution in [0.5, 0.6) is 11.5 Å². The van der Waals surface area contributed by atoms with Crippen molar-refractivity contribution in [3.63, 3.8) is 0 Å². The van der Waals surface area contributed by atoms with Gasteiger partial charge in [-0.15, -0.1) is 0 Å². The van der Waals surface area contributed by atoms with Crippen LogP contribution < -0.4 is 14.8 Å². The van der Waals surface area contributed by atoms with Gasteiger partial charge in [-0.25, -0.2) is 0 Å². The van der Waals surface area contributed by atoms with E-state index in [9.17, 15) is 9.90 Å². The van der Waals surface area contributed by atoms with Crippen LogP contribution in [0.3, 0.4) is 0 Å². The molecule has 1 aromatic carbocycles. The zero-order valence-corrected chi connectivity index (χ0v) is 14.9. The molecule has 1 rings (SSSR count). The lowest BCUT2D eigenvalue weighted by atomic mass is 10.0. The highest BCUT2D eigenvalue weighted by atomic mass is 35.5. The van der Waals surface area contributed by atoms with Crippen molar-refractivity contribution in [1.82, 2.24) is 5.32 Å². The van der Waals surface area contributed by atoms with Crippen LogP contribution in [0.4, 0.5) is 0 Å². The predicted molar refractivity (Wildman–Crippen MR) is 91.5 cm³/mol. The summed E-state index contributed by atoms with van der Waals surface area (Å²) < 4.78 is 10.9. The molecular weight excluding hydrogens is 318 g/mol.